The first-order chi connectivity index (χ1) is 5.16. The highest BCUT2D eigenvalue weighted by atomic mass is 16.6. The second-order valence-electron chi connectivity index (χ2n) is 2.51. The van der Waals surface area contributed by atoms with Gasteiger partial charge in [-0.25, -0.2) is 4.79 Å². The highest BCUT2D eigenvalue weighted by Gasteiger charge is 2.34. The van der Waals surface area contributed by atoms with Gasteiger partial charge >= 0.3 is 5.97 Å². The van der Waals surface area contributed by atoms with Crippen molar-refractivity contribution in [2.75, 3.05) is 6.73 Å². The van der Waals surface area contributed by atoms with Crippen molar-refractivity contribution in [2.45, 2.75) is 26.3 Å². The van der Waals surface area contributed by atoms with Gasteiger partial charge in [0.2, 0.25) is 5.91 Å². The zero-order valence-electron chi connectivity index (χ0n) is 6.66. The van der Waals surface area contributed by atoms with E-state index in [9.17, 15) is 9.59 Å². The molecule has 11 heavy (non-hydrogen) atoms. The van der Waals surface area contributed by atoms with Crippen LogP contribution in [0.5, 0.6) is 0 Å². The van der Waals surface area contributed by atoms with Crippen LogP contribution in [0.15, 0.2) is 0 Å². The van der Waals surface area contributed by atoms with E-state index in [1.54, 1.807) is 0 Å². The van der Waals surface area contributed by atoms with Crippen LogP contribution in [0.2, 0.25) is 0 Å². The molecule has 0 aromatic rings. The van der Waals surface area contributed by atoms with Crippen molar-refractivity contribution in [3.8, 4) is 0 Å². The summed E-state index contributed by atoms with van der Waals surface area (Å²) < 4.78 is 4.70. The first-order valence-electron chi connectivity index (χ1n) is 3.60. The van der Waals surface area contributed by atoms with E-state index in [2.05, 4.69) is 0 Å². The predicted octanol–water partition coefficient (Wildman–Crippen LogP) is 0.128. The number of hydrogen-bond donors (Lipinski definition) is 0. The van der Waals surface area contributed by atoms with Crippen molar-refractivity contribution >= 4 is 11.9 Å². The van der Waals surface area contributed by atoms with Crippen molar-refractivity contribution in [2.24, 2.45) is 0 Å². The lowest BCUT2D eigenvalue weighted by Crippen LogP contribution is -2.35. The standard InChI is InChI=1S/C7H11NO3/c1-3-6-7(10)11-4-8(6)5(2)9/h6H,3-4H2,1-2H3. The van der Waals surface area contributed by atoms with Gasteiger partial charge in [0.15, 0.2) is 6.73 Å². The van der Waals surface area contributed by atoms with Gasteiger partial charge in [-0.1, -0.05) is 6.92 Å². The van der Waals surface area contributed by atoms with Crippen LogP contribution < -0.4 is 0 Å². The molecule has 0 radical (unpaired) electrons. The topological polar surface area (TPSA) is 46.6 Å². The van der Waals surface area contributed by atoms with Gasteiger partial charge in [-0.15, -0.1) is 0 Å². The van der Waals surface area contributed by atoms with E-state index < -0.39 is 0 Å². The molecular weight excluding hydrogens is 146 g/mol. The molecule has 0 aromatic heterocycles. The Hall–Kier alpha value is -1.06. The first-order valence-corrected chi connectivity index (χ1v) is 3.60. The Balaban J connectivity index is 2.68. The number of nitrogens with zero attached hydrogens (tertiary/aromatic N) is 1. The molecule has 1 unspecified atom stereocenters. The van der Waals surface area contributed by atoms with Gasteiger partial charge in [0.1, 0.15) is 6.04 Å². The molecule has 1 rings (SSSR count). The normalized spacial score (nSPS) is 23.6. The Morgan fingerprint density at radius 2 is 2.45 bits per heavy atom. The van der Waals surface area contributed by atoms with Crippen LogP contribution in [0.3, 0.4) is 0 Å². The molecule has 0 bridgehead atoms. The molecule has 1 heterocycles. The van der Waals surface area contributed by atoms with E-state index in [1.165, 1.54) is 11.8 Å². The molecule has 1 fully saturated rings. The largest absolute Gasteiger partial charge is 0.443 e. The molecule has 0 aromatic carbocycles. The van der Waals surface area contributed by atoms with Crippen LogP contribution in [0, 0.1) is 0 Å². The average molecular weight is 157 g/mol. The van der Waals surface area contributed by atoms with E-state index in [1.807, 2.05) is 6.92 Å². The van der Waals surface area contributed by atoms with Gasteiger partial charge in [-0.05, 0) is 6.42 Å². The van der Waals surface area contributed by atoms with Gasteiger partial charge in [0, 0.05) is 6.92 Å². The molecule has 1 atom stereocenters. The second-order valence-corrected chi connectivity index (χ2v) is 2.51. The fourth-order valence-electron chi connectivity index (χ4n) is 1.14. The zero-order chi connectivity index (χ0) is 8.43. The lowest BCUT2D eigenvalue weighted by atomic mass is 10.2. The molecule has 0 saturated carbocycles. The molecular formula is C7H11NO3. The number of ether oxygens (including phenoxy) is 1. The third kappa shape index (κ3) is 1.34. The second kappa shape index (κ2) is 2.90. The van der Waals surface area contributed by atoms with E-state index in [0.717, 1.165) is 0 Å². The van der Waals surface area contributed by atoms with E-state index in [-0.39, 0.29) is 24.6 Å². The van der Waals surface area contributed by atoms with Gasteiger partial charge < -0.3 is 4.74 Å². The molecule has 1 saturated heterocycles. The number of cyclic esters (lactones) is 1. The SMILES string of the molecule is CCC1C(=O)OCN1C(C)=O. The maximum absolute atomic E-state index is 10.9. The number of rotatable bonds is 1. The molecule has 1 amide bonds. The van der Waals surface area contributed by atoms with Crippen molar-refractivity contribution in [3.05, 3.63) is 0 Å². The molecule has 4 heteroatoms. The average Bonchev–Trinajstić information content (AvgIpc) is 2.30. The van der Waals surface area contributed by atoms with Crippen molar-refractivity contribution in [3.63, 3.8) is 0 Å². The number of carbonyl (C=O) groups is 2. The van der Waals surface area contributed by atoms with Crippen LogP contribution in [0.1, 0.15) is 20.3 Å². The van der Waals surface area contributed by atoms with Crippen LogP contribution in [-0.2, 0) is 14.3 Å². The minimum absolute atomic E-state index is 0.109. The summed E-state index contributed by atoms with van der Waals surface area (Å²) in [6, 6.07) is -0.354. The van der Waals surface area contributed by atoms with Gasteiger partial charge in [0.05, 0.1) is 0 Å². The van der Waals surface area contributed by atoms with E-state index in [0.29, 0.717) is 6.42 Å². The van der Waals surface area contributed by atoms with Crippen molar-refractivity contribution < 1.29 is 14.3 Å². The summed E-state index contributed by atoms with van der Waals surface area (Å²) in [5, 5.41) is 0. The van der Waals surface area contributed by atoms with Crippen LogP contribution in [-0.4, -0.2) is 29.5 Å². The zero-order valence-corrected chi connectivity index (χ0v) is 6.66. The minimum Gasteiger partial charge on any atom is -0.443 e. The lowest BCUT2D eigenvalue weighted by molar-refractivity contribution is -0.139. The quantitative estimate of drug-likeness (QED) is 0.508. The summed E-state index contributed by atoms with van der Waals surface area (Å²) in [6.45, 7) is 3.41. The van der Waals surface area contributed by atoms with Crippen LogP contribution in [0.4, 0.5) is 0 Å². The monoisotopic (exact) mass is 157 g/mol. The first kappa shape index (κ1) is 8.04. The number of carbonyl (C=O) groups excluding carboxylic acids is 2. The van der Waals surface area contributed by atoms with Crippen LogP contribution >= 0.6 is 0 Å². The Bertz CT molecular complexity index is 190. The summed E-state index contributed by atoms with van der Waals surface area (Å²) in [4.78, 5) is 23.2. The summed E-state index contributed by atoms with van der Waals surface area (Å²) in [7, 11) is 0. The maximum Gasteiger partial charge on any atom is 0.330 e. The summed E-state index contributed by atoms with van der Waals surface area (Å²) in [5.41, 5.74) is 0. The van der Waals surface area contributed by atoms with E-state index >= 15 is 0 Å². The number of hydrogen-bond acceptors (Lipinski definition) is 3. The molecule has 0 N–H and O–H groups in total. The molecule has 1 aliphatic heterocycles. The van der Waals surface area contributed by atoms with Crippen LogP contribution in [0.25, 0.3) is 0 Å². The summed E-state index contributed by atoms with van der Waals surface area (Å²) in [6.07, 6.45) is 0.623. The third-order valence-electron chi connectivity index (χ3n) is 1.79. The predicted molar refractivity (Wildman–Crippen MR) is 37.6 cm³/mol. The molecule has 0 aliphatic carbocycles. The molecule has 0 spiro atoms. The Morgan fingerprint density at radius 1 is 1.82 bits per heavy atom. The van der Waals surface area contributed by atoms with Gasteiger partial charge in [-0.2, -0.15) is 0 Å². The Labute approximate surface area is 65.1 Å². The highest BCUT2D eigenvalue weighted by Crippen LogP contribution is 2.13. The molecule has 4 nitrogen and oxygen atoms in total. The minimum atomic E-state index is -0.354. The van der Waals surface area contributed by atoms with Gasteiger partial charge in [-0.3, -0.25) is 9.69 Å². The lowest BCUT2D eigenvalue weighted by Gasteiger charge is -2.15. The smallest absolute Gasteiger partial charge is 0.330 e. The van der Waals surface area contributed by atoms with Crippen molar-refractivity contribution in [1.29, 1.82) is 0 Å². The van der Waals surface area contributed by atoms with E-state index in [4.69, 9.17) is 4.74 Å². The third-order valence-corrected chi connectivity index (χ3v) is 1.79. The van der Waals surface area contributed by atoms with Gasteiger partial charge in [0.25, 0.3) is 0 Å². The summed E-state index contributed by atoms with van der Waals surface area (Å²) >= 11 is 0. The molecule has 62 valence electrons. The number of amides is 1. The number of esters is 1. The van der Waals surface area contributed by atoms with Crippen molar-refractivity contribution in [1.82, 2.24) is 4.90 Å². The fraction of sp³-hybridized carbons (Fsp3) is 0.714. The Morgan fingerprint density at radius 3 is 2.82 bits per heavy atom. The highest BCUT2D eigenvalue weighted by molar-refractivity contribution is 5.85. The Kier molecular flexibility index (Phi) is 2.12. The molecule has 1 aliphatic rings. The maximum atomic E-state index is 10.9. The fourth-order valence-corrected chi connectivity index (χ4v) is 1.14. The summed E-state index contributed by atoms with van der Waals surface area (Å²) in [5.74, 6) is -0.398.